The molecule has 3 heterocycles. The Morgan fingerprint density at radius 2 is 1.90 bits per heavy atom. The van der Waals surface area contributed by atoms with E-state index in [9.17, 15) is 35.9 Å². The molecule has 6 nitrogen and oxygen atoms in total. The van der Waals surface area contributed by atoms with Crippen molar-refractivity contribution in [3.63, 3.8) is 0 Å². The summed E-state index contributed by atoms with van der Waals surface area (Å²) in [6.45, 7) is -0.0800. The van der Waals surface area contributed by atoms with Gasteiger partial charge in [-0.2, -0.15) is 13.2 Å². The summed E-state index contributed by atoms with van der Waals surface area (Å²) in [7, 11) is 0. The molecule has 2 saturated heterocycles. The van der Waals surface area contributed by atoms with Gasteiger partial charge in [0, 0.05) is 23.2 Å². The van der Waals surface area contributed by atoms with Crippen LogP contribution in [0, 0.1) is 0 Å². The Bertz CT molecular complexity index is 1010. The quantitative estimate of drug-likeness (QED) is 0.723. The lowest BCUT2D eigenvalue weighted by Crippen LogP contribution is -2.69. The van der Waals surface area contributed by atoms with Crippen molar-refractivity contribution in [3.05, 3.63) is 28.6 Å². The number of thiophene rings is 1. The number of alkyl halides is 6. The van der Waals surface area contributed by atoms with Crippen molar-refractivity contribution >= 4 is 33.4 Å². The van der Waals surface area contributed by atoms with Crippen molar-refractivity contribution < 1.29 is 45.4 Å². The average molecular weight is 440 g/mol. The molecule has 1 aromatic heterocycles. The van der Waals surface area contributed by atoms with Gasteiger partial charge < -0.3 is 19.7 Å². The van der Waals surface area contributed by atoms with E-state index in [4.69, 9.17) is 4.74 Å². The van der Waals surface area contributed by atoms with Crippen LogP contribution in [-0.4, -0.2) is 48.5 Å². The van der Waals surface area contributed by atoms with Crippen LogP contribution in [0.2, 0.25) is 0 Å². The molecule has 2 aromatic rings. The fraction of sp³-hybridized carbons (Fsp3) is 0.375. The van der Waals surface area contributed by atoms with Crippen molar-refractivity contribution in [1.29, 1.82) is 0 Å². The first-order chi connectivity index (χ1) is 13.4. The number of amides is 2. The van der Waals surface area contributed by atoms with Gasteiger partial charge in [-0.15, -0.1) is 24.5 Å². The molecular weight excluding hydrogens is 430 g/mol. The normalized spacial score (nSPS) is 18.6. The number of cyclic esters (lactones) is 1. The minimum absolute atomic E-state index is 0.00764. The number of nitrogens with zero attached hydrogens (tertiary/aromatic N) is 1. The number of nitrogens with one attached hydrogen (secondary N) is 1. The highest BCUT2D eigenvalue weighted by molar-refractivity contribution is 7.21. The lowest BCUT2D eigenvalue weighted by atomic mass is 9.91. The third kappa shape index (κ3) is 3.54. The molecule has 0 atom stereocenters. The lowest BCUT2D eigenvalue weighted by Gasteiger charge is -2.45. The maximum absolute atomic E-state index is 13.6. The molecular formula is C16H10F6N2O4S. The molecule has 0 bridgehead atoms. The van der Waals surface area contributed by atoms with Crippen LogP contribution < -0.4 is 10.1 Å². The van der Waals surface area contributed by atoms with Gasteiger partial charge in [-0.25, -0.2) is 4.79 Å². The van der Waals surface area contributed by atoms with Gasteiger partial charge in [0.1, 0.15) is 22.8 Å². The van der Waals surface area contributed by atoms with Crippen molar-refractivity contribution in [1.82, 2.24) is 10.2 Å². The van der Waals surface area contributed by atoms with Gasteiger partial charge in [0.25, 0.3) is 5.91 Å². The molecule has 2 aliphatic heterocycles. The number of benzene rings is 1. The fourth-order valence-electron chi connectivity index (χ4n) is 3.34. The number of carbonyl (C=O) groups excluding carboxylic acids is 2. The minimum Gasteiger partial charge on any atom is -0.447 e. The van der Waals surface area contributed by atoms with E-state index >= 15 is 0 Å². The van der Waals surface area contributed by atoms with E-state index in [1.54, 1.807) is 0 Å². The highest BCUT2D eigenvalue weighted by Crippen LogP contribution is 2.44. The van der Waals surface area contributed by atoms with Crippen LogP contribution in [0.25, 0.3) is 10.1 Å². The highest BCUT2D eigenvalue weighted by atomic mass is 32.1. The zero-order valence-corrected chi connectivity index (χ0v) is 14.9. The number of alkyl carbamates (subject to hydrolysis) is 1. The van der Waals surface area contributed by atoms with E-state index in [1.807, 2.05) is 0 Å². The molecule has 13 heteroatoms. The Morgan fingerprint density at radius 1 is 1.21 bits per heavy atom. The molecule has 4 rings (SSSR count). The summed E-state index contributed by atoms with van der Waals surface area (Å²) in [5, 5.41) is 2.11. The smallest absolute Gasteiger partial charge is 0.447 e. The van der Waals surface area contributed by atoms with Crippen LogP contribution >= 0.6 is 11.3 Å². The number of carbonyl (C=O) groups is 2. The topological polar surface area (TPSA) is 67.9 Å². The SMILES string of the molecule is O=C1NC2(CO1)CN(C(=O)c1sc3cc(OC(F)(F)F)ccc3c1C(F)(F)F)C2. The predicted octanol–water partition coefficient (Wildman–Crippen LogP) is 3.75. The molecule has 2 amide bonds. The molecule has 2 fully saturated rings. The van der Waals surface area contributed by atoms with Crippen molar-refractivity contribution in [3.8, 4) is 5.75 Å². The number of hydrogen-bond acceptors (Lipinski definition) is 5. The second-order valence-corrected chi connectivity index (χ2v) is 7.70. The van der Waals surface area contributed by atoms with Crippen molar-refractivity contribution in [2.24, 2.45) is 0 Å². The molecule has 2 aliphatic rings. The van der Waals surface area contributed by atoms with E-state index < -0.39 is 51.7 Å². The first-order valence-electron chi connectivity index (χ1n) is 8.01. The van der Waals surface area contributed by atoms with Gasteiger partial charge >= 0.3 is 18.6 Å². The van der Waals surface area contributed by atoms with Gasteiger partial charge in [-0.1, -0.05) is 0 Å². The molecule has 1 aromatic carbocycles. The number of likely N-dealkylation sites (tertiary alicyclic amines) is 1. The molecule has 1 N–H and O–H groups in total. The molecule has 29 heavy (non-hydrogen) atoms. The molecule has 0 saturated carbocycles. The average Bonchev–Trinajstić information content (AvgIpc) is 3.11. The predicted molar refractivity (Wildman–Crippen MR) is 86.6 cm³/mol. The summed E-state index contributed by atoms with van der Waals surface area (Å²) in [6, 6.07) is 2.41. The van der Waals surface area contributed by atoms with E-state index in [2.05, 4.69) is 10.1 Å². The number of fused-ring (bicyclic) bond motifs is 1. The summed E-state index contributed by atoms with van der Waals surface area (Å²) in [4.78, 5) is 24.3. The highest BCUT2D eigenvalue weighted by Gasteiger charge is 2.52. The maximum Gasteiger partial charge on any atom is 0.573 e. The van der Waals surface area contributed by atoms with E-state index in [-0.39, 0.29) is 24.4 Å². The second kappa shape index (κ2) is 6.15. The first kappa shape index (κ1) is 19.6. The second-order valence-electron chi connectivity index (χ2n) is 6.65. The number of hydrogen-bond donors (Lipinski definition) is 1. The first-order valence-corrected chi connectivity index (χ1v) is 8.82. The Morgan fingerprint density at radius 3 is 2.45 bits per heavy atom. The van der Waals surface area contributed by atoms with E-state index in [1.165, 1.54) is 0 Å². The van der Waals surface area contributed by atoms with Gasteiger partial charge in [0.2, 0.25) is 0 Å². The molecule has 0 radical (unpaired) electrons. The third-order valence-electron chi connectivity index (χ3n) is 4.49. The summed E-state index contributed by atoms with van der Waals surface area (Å²) in [5.74, 6) is -1.61. The Balaban J connectivity index is 1.67. The van der Waals surface area contributed by atoms with E-state index in [0.29, 0.717) is 11.3 Å². The molecule has 0 aliphatic carbocycles. The zero-order chi connectivity index (χ0) is 21.2. The Hall–Kier alpha value is -2.70. The standard InChI is InChI=1S/C16H10F6N2O4S/c17-15(18,19)10-8-2-1-7(28-16(20,21)22)3-9(8)29-11(10)12(25)24-4-14(5-24)6-27-13(26)23-14/h1-3H,4-6H2,(H,23,26). The Labute approximate surface area is 162 Å². The van der Waals surface area contributed by atoms with Crippen LogP contribution in [0.5, 0.6) is 5.75 Å². The van der Waals surface area contributed by atoms with Crippen molar-refractivity contribution in [2.45, 2.75) is 18.1 Å². The lowest BCUT2D eigenvalue weighted by molar-refractivity contribution is -0.274. The number of halogens is 6. The molecule has 1 spiro atoms. The largest absolute Gasteiger partial charge is 0.573 e. The molecule has 0 unspecified atom stereocenters. The summed E-state index contributed by atoms with van der Waals surface area (Å²) in [6.07, 6.45) is -10.6. The van der Waals surface area contributed by atoms with Crippen LogP contribution in [-0.2, 0) is 10.9 Å². The third-order valence-corrected chi connectivity index (χ3v) is 5.63. The van der Waals surface area contributed by atoms with E-state index in [0.717, 1.165) is 23.1 Å². The monoisotopic (exact) mass is 440 g/mol. The van der Waals surface area contributed by atoms with Crippen LogP contribution in [0.15, 0.2) is 18.2 Å². The van der Waals surface area contributed by atoms with Gasteiger partial charge in [0.15, 0.2) is 0 Å². The number of rotatable bonds is 2. The fourth-order valence-corrected chi connectivity index (χ4v) is 4.56. The summed E-state index contributed by atoms with van der Waals surface area (Å²) >= 11 is 0.431. The number of ether oxygens (including phenoxy) is 2. The minimum atomic E-state index is -5.00. The van der Waals surface area contributed by atoms with Gasteiger partial charge in [-0.3, -0.25) is 4.79 Å². The summed E-state index contributed by atoms with van der Waals surface area (Å²) in [5.41, 5.74) is -2.04. The van der Waals surface area contributed by atoms with Crippen molar-refractivity contribution in [2.75, 3.05) is 19.7 Å². The Kier molecular flexibility index (Phi) is 4.16. The molecule has 156 valence electrons. The summed E-state index contributed by atoms with van der Waals surface area (Å²) < 4.78 is 86.3. The van der Waals surface area contributed by atoms with Crippen LogP contribution in [0.1, 0.15) is 15.2 Å². The van der Waals surface area contributed by atoms with Gasteiger partial charge in [0.05, 0.1) is 5.56 Å². The zero-order valence-electron chi connectivity index (χ0n) is 14.1. The van der Waals surface area contributed by atoms with Crippen LogP contribution in [0.3, 0.4) is 0 Å². The van der Waals surface area contributed by atoms with Crippen LogP contribution in [0.4, 0.5) is 31.1 Å². The van der Waals surface area contributed by atoms with Gasteiger partial charge in [-0.05, 0) is 18.2 Å². The maximum atomic E-state index is 13.6.